The summed E-state index contributed by atoms with van der Waals surface area (Å²) in [5, 5.41) is 0. The lowest BCUT2D eigenvalue weighted by Gasteiger charge is -2.09. The Morgan fingerprint density at radius 3 is 2.29 bits per heavy atom. The van der Waals surface area contributed by atoms with Gasteiger partial charge in [-0.05, 0) is 53.7 Å². The SMILES string of the molecule is C/C=C(\C=C/C(C)C)c1cc(C)cc(-c2ccccc2)c1. The van der Waals surface area contributed by atoms with Gasteiger partial charge in [-0.25, -0.2) is 0 Å². The highest BCUT2D eigenvalue weighted by Crippen LogP contribution is 2.26. The summed E-state index contributed by atoms with van der Waals surface area (Å²) in [7, 11) is 0. The van der Waals surface area contributed by atoms with Crippen LogP contribution >= 0.6 is 0 Å². The van der Waals surface area contributed by atoms with Crippen molar-refractivity contribution >= 4 is 5.57 Å². The second-order valence-corrected chi connectivity index (χ2v) is 5.80. The lowest BCUT2D eigenvalue weighted by atomic mass is 9.95. The summed E-state index contributed by atoms with van der Waals surface area (Å²) in [5.74, 6) is 0.568. The molecule has 0 spiro atoms. The predicted molar refractivity (Wildman–Crippen MR) is 94.2 cm³/mol. The van der Waals surface area contributed by atoms with Crippen molar-refractivity contribution in [3.05, 3.63) is 77.9 Å². The van der Waals surface area contributed by atoms with E-state index in [1.807, 2.05) is 0 Å². The number of hydrogen-bond donors (Lipinski definition) is 0. The van der Waals surface area contributed by atoms with Gasteiger partial charge in [0.05, 0.1) is 0 Å². The average Bonchev–Trinajstić information content (AvgIpc) is 2.48. The zero-order valence-corrected chi connectivity index (χ0v) is 13.4. The normalized spacial score (nSPS) is 12.3. The Balaban J connectivity index is 2.44. The lowest BCUT2D eigenvalue weighted by Crippen LogP contribution is -1.87. The molecule has 0 radical (unpaired) electrons. The molecule has 0 heterocycles. The van der Waals surface area contributed by atoms with E-state index in [1.54, 1.807) is 0 Å². The quantitative estimate of drug-likeness (QED) is 0.577. The minimum absolute atomic E-state index is 0.568. The number of benzene rings is 2. The van der Waals surface area contributed by atoms with Gasteiger partial charge in [-0.1, -0.05) is 74.5 Å². The molecule has 0 amide bonds. The van der Waals surface area contributed by atoms with Crippen LogP contribution in [0.25, 0.3) is 16.7 Å². The first-order valence-electron chi connectivity index (χ1n) is 7.62. The van der Waals surface area contributed by atoms with Crippen LogP contribution in [0.15, 0.2) is 66.8 Å². The Morgan fingerprint density at radius 2 is 1.67 bits per heavy atom. The van der Waals surface area contributed by atoms with Crippen LogP contribution in [0.5, 0.6) is 0 Å². The van der Waals surface area contributed by atoms with E-state index in [-0.39, 0.29) is 0 Å². The molecule has 0 saturated carbocycles. The summed E-state index contributed by atoms with van der Waals surface area (Å²) in [5.41, 5.74) is 6.41. The molecule has 2 aromatic carbocycles. The van der Waals surface area contributed by atoms with Crippen LogP contribution in [0.3, 0.4) is 0 Å². The van der Waals surface area contributed by atoms with Crippen molar-refractivity contribution in [3.8, 4) is 11.1 Å². The van der Waals surface area contributed by atoms with E-state index in [4.69, 9.17) is 0 Å². The molecular weight excluding hydrogens is 252 g/mol. The van der Waals surface area contributed by atoms with E-state index in [1.165, 1.54) is 27.8 Å². The zero-order valence-electron chi connectivity index (χ0n) is 13.4. The molecule has 0 heteroatoms. The van der Waals surface area contributed by atoms with Gasteiger partial charge in [-0.3, -0.25) is 0 Å². The van der Waals surface area contributed by atoms with Crippen LogP contribution in [0.2, 0.25) is 0 Å². The molecule has 0 unspecified atom stereocenters. The van der Waals surface area contributed by atoms with E-state index < -0.39 is 0 Å². The van der Waals surface area contributed by atoms with Crippen molar-refractivity contribution in [1.29, 1.82) is 0 Å². The summed E-state index contributed by atoms with van der Waals surface area (Å²) >= 11 is 0. The van der Waals surface area contributed by atoms with Gasteiger partial charge in [0.15, 0.2) is 0 Å². The first-order chi connectivity index (χ1) is 10.1. The highest BCUT2D eigenvalue weighted by molar-refractivity contribution is 5.78. The van der Waals surface area contributed by atoms with E-state index in [9.17, 15) is 0 Å². The Labute approximate surface area is 128 Å². The van der Waals surface area contributed by atoms with E-state index in [0.717, 1.165) is 0 Å². The lowest BCUT2D eigenvalue weighted by molar-refractivity contribution is 0.832. The fourth-order valence-corrected chi connectivity index (χ4v) is 2.40. The van der Waals surface area contributed by atoms with Gasteiger partial charge in [0, 0.05) is 0 Å². The number of allylic oxidation sites excluding steroid dienone is 4. The zero-order chi connectivity index (χ0) is 15.2. The molecular formula is C21H24. The summed E-state index contributed by atoms with van der Waals surface area (Å²) in [6.45, 7) is 8.67. The van der Waals surface area contributed by atoms with Gasteiger partial charge in [0.2, 0.25) is 0 Å². The second kappa shape index (κ2) is 7.08. The second-order valence-electron chi connectivity index (χ2n) is 5.80. The Bertz CT molecular complexity index is 643. The number of rotatable bonds is 4. The third kappa shape index (κ3) is 4.19. The average molecular weight is 276 g/mol. The van der Waals surface area contributed by atoms with Gasteiger partial charge in [0.1, 0.15) is 0 Å². The van der Waals surface area contributed by atoms with Crippen molar-refractivity contribution in [2.45, 2.75) is 27.7 Å². The van der Waals surface area contributed by atoms with Crippen molar-refractivity contribution in [1.82, 2.24) is 0 Å². The molecule has 0 aliphatic carbocycles. The Hall–Kier alpha value is -2.08. The molecule has 0 aromatic heterocycles. The Kier molecular flexibility index (Phi) is 5.16. The fourth-order valence-electron chi connectivity index (χ4n) is 2.40. The van der Waals surface area contributed by atoms with E-state index in [2.05, 4.69) is 94.5 Å². The van der Waals surface area contributed by atoms with E-state index in [0.29, 0.717) is 5.92 Å². The first kappa shape index (κ1) is 15.3. The summed E-state index contributed by atoms with van der Waals surface area (Å²) in [4.78, 5) is 0. The fraction of sp³-hybridized carbons (Fsp3) is 0.238. The highest BCUT2D eigenvalue weighted by atomic mass is 14.1. The number of aryl methyl sites for hydroxylation is 1. The van der Waals surface area contributed by atoms with Crippen LogP contribution in [-0.2, 0) is 0 Å². The summed E-state index contributed by atoms with van der Waals surface area (Å²) < 4.78 is 0. The largest absolute Gasteiger partial charge is 0.0814 e. The summed E-state index contributed by atoms with van der Waals surface area (Å²) in [6.07, 6.45) is 6.66. The molecule has 0 N–H and O–H groups in total. The maximum absolute atomic E-state index is 2.28. The number of hydrogen-bond acceptors (Lipinski definition) is 0. The molecule has 0 atom stereocenters. The van der Waals surface area contributed by atoms with Gasteiger partial charge in [-0.2, -0.15) is 0 Å². The van der Waals surface area contributed by atoms with Crippen LogP contribution in [0, 0.1) is 12.8 Å². The molecule has 2 aromatic rings. The van der Waals surface area contributed by atoms with Crippen molar-refractivity contribution in [3.63, 3.8) is 0 Å². The Morgan fingerprint density at radius 1 is 0.952 bits per heavy atom. The van der Waals surface area contributed by atoms with Crippen LogP contribution in [0.4, 0.5) is 0 Å². The summed E-state index contributed by atoms with van der Waals surface area (Å²) in [6, 6.07) is 17.4. The van der Waals surface area contributed by atoms with Gasteiger partial charge < -0.3 is 0 Å². The maximum atomic E-state index is 2.28. The molecule has 0 aliphatic rings. The molecule has 108 valence electrons. The minimum Gasteiger partial charge on any atom is -0.0814 e. The third-order valence-corrected chi connectivity index (χ3v) is 3.49. The maximum Gasteiger partial charge on any atom is -0.0175 e. The third-order valence-electron chi connectivity index (χ3n) is 3.49. The smallest absolute Gasteiger partial charge is 0.0175 e. The molecule has 21 heavy (non-hydrogen) atoms. The highest BCUT2D eigenvalue weighted by Gasteiger charge is 2.03. The van der Waals surface area contributed by atoms with Crippen molar-refractivity contribution in [2.75, 3.05) is 0 Å². The van der Waals surface area contributed by atoms with Crippen LogP contribution < -0.4 is 0 Å². The first-order valence-corrected chi connectivity index (χ1v) is 7.62. The van der Waals surface area contributed by atoms with Gasteiger partial charge >= 0.3 is 0 Å². The van der Waals surface area contributed by atoms with Gasteiger partial charge in [-0.15, -0.1) is 0 Å². The monoisotopic (exact) mass is 276 g/mol. The predicted octanol–water partition coefficient (Wildman–Crippen LogP) is 6.28. The molecule has 0 fully saturated rings. The van der Waals surface area contributed by atoms with Crippen LogP contribution in [-0.4, -0.2) is 0 Å². The van der Waals surface area contributed by atoms with Gasteiger partial charge in [0.25, 0.3) is 0 Å². The van der Waals surface area contributed by atoms with Crippen molar-refractivity contribution in [2.24, 2.45) is 5.92 Å². The minimum atomic E-state index is 0.568. The van der Waals surface area contributed by atoms with E-state index >= 15 is 0 Å². The standard InChI is InChI=1S/C21H24/c1-5-18(12-11-16(2)3)20-13-17(4)14-21(15-20)19-9-7-6-8-10-19/h5-16H,1-4H3/b12-11-,18-5+. The molecule has 0 saturated heterocycles. The molecule has 0 aliphatic heterocycles. The molecule has 2 rings (SSSR count). The topological polar surface area (TPSA) is 0 Å². The molecule has 0 nitrogen and oxygen atoms in total. The van der Waals surface area contributed by atoms with Crippen LogP contribution in [0.1, 0.15) is 31.9 Å². The molecule has 0 bridgehead atoms. The van der Waals surface area contributed by atoms with Crippen molar-refractivity contribution < 1.29 is 0 Å².